The Morgan fingerprint density at radius 3 is 2.42 bits per heavy atom. The van der Waals surface area contributed by atoms with E-state index in [0.717, 1.165) is 18.4 Å². The van der Waals surface area contributed by atoms with Gasteiger partial charge in [-0.1, -0.05) is 62.8 Å². The van der Waals surface area contributed by atoms with Crippen LogP contribution in [-0.2, 0) is 4.79 Å². The summed E-state index contributed by atoms with van der Waals surface area (Å²) in [5.41, 5.74) is 2.45. The van der Waals surface area contributed by atoms with Gasteiger partial charge >= 0.3 is 0 Å². The van der Waals surface area contributed by atoms with E-state index in [9.17, 15) is 10.1 Å². The number of hydrogen-bond acceptors (Lipinski definition) is 4. The van der Waals surface area contributed by atoms with E-state index >= 15 is 0 Å². The lowest BCUT2D eigenvalue weighted by Crippen LogP contribution is -2.13. The van der Waals surface area contributed by atoms with E-state index in [1.165, 1.54) is 25.7 Å². The van der Waals surface area contributed by atoms with Crippen LogP contribution >= 0.6 is 0 Å². The molecule has 0 fully saturated rings. The predicted molar refractivity (Wildman–Crippen MR) is 125 cm³/mol. The van der Waals surface area contributed by atoms with Crippen molar-refractivity contribution in [1.82, 2.24) is 0 Å². The van der Waals surface area contributed by atoms with E-state index in [-0.39, 0.29) is 5.57 Å². The maximum Gasteiger partial charge on any atom is 0.266 e. The Kier molecular flexibility index (Phi) is 10.2. The van der Waals surface area contributed by atoms with Gasteiger partial charge in [-0.2, -0.15) is 5.26 Å². The van der Waals surface area contributed by atoms with Crippen LogP contribution in [0.25, 0.3) is 6.08 Å². The number of benzene rings is 2. The molecule has 2 aromatic carbocycles. The van der Waals surface area contributed by atoms with Crippen LogP contribution in [-0.4, -0.2) is 19.6 Å². The van der Waals surface area contributed by atoms with Crippen molar-refractivity contribution in [3.05, 3.63) is 59.2 Å². The molecular weight excluding hydrogens is 388 g/mol. The summed E-state index contributed by atoms with van der Waals surface area (Å²) in [6.45, 7) is 4.82. The first-order valence-electron chi connectivity index (χ1n) is 10.9. The first-order chi connectivity index (χ1) is 15.1. The number of carbonyl (C=O) groups is 1. The van der Waals surface area contributed by atoms with Crippen LogP contribution in [0.2, 0.25) is 0 Å². The molecule has 2 aromatic rings. The van der Waals surface area contributed by atoms with Gasteiger partial charge in [0.05, 0.1) is 13.7 Å². The van der Waals surface area contributed by atoms with E-state index in [1.54, 1.807) is 31.4 Å². The molecule has 31 heavy (non-hydrogen) atoms. The average molecular weight is 421 g/mol. The molecule has 0 aliphatic heterocycles. The summed E-state index contributed by atoms with van der Waals surface area (Å²) in [7, 11) is 1.58. The molecule has 1 amide bonds. The molecule has 0 radical (unpaired) electrons. The number of aryl methyl sites for hydroxylation is 1. The number of nitriles is 1. The zero-order valence-corrected chi connectivity index (χ0v) is 18.7. The molecule has 2 rings (SSSR count). The van der Waals surface area contributed by atoms with Crippen molar-refractivity contribution in [3.8, 4) is 17.6 Å². The Balaban J connectivity index is 1.99. The van der Waals surface area contributed by atoms with Crippen molar-refractivity contribution in [2.24, 2.45) is 0 Å². The summed E-state index contributed by atoms with van der Waals surface area (Å²) >= 11 is 0. The van der Waals surface area contributed by atoms with Crippen molar-refractivity contribution < 1.29 is 14.3 Å². The fraction of sp³-hybridized carbons (Fsp3) is 0.385. The Labute approximate surface area is 185 Å². The SMILES string of the molecule is CCCCCCCCOc1ccc(C=C(C#N)C(=O)Nc2ccc(C)cc2)cc1OC. The number of carbonyl (C=O) groups excluding carboxylic acids is 1. The molecule has 0 aliphatic rings. The maximum absolute atomic E-state index is 12.5. The minimum atomic E-state index is -0.450. The Hall–Kier alpha value is -3.26. The lowest BCUT2D eigenvalue weighted by atomic mass is 10.1. The molecule has 0 saturated heterocycles. The summed E-state index contributed by atoms with van der Waals surface area (Å²) in [5.74, 6) is 0.792. The number of nitrogens with zero attached hydrogens (tertiary/aromatic N) is 1. The van der Waals surface area contributed by atoms with Gasteiger partial charge in [-0.05, 0) is 49.2 Å². The van der Waals surface area contributed by atoms with E-state index in [4.69, 9.17) is 9.47 Å². The largest absolute Gasteiger partial charge is 0.493 e. The second-order valence-corrected chi connectivity index (χ2v) is 7.52. The number of unbranched alkanes of at least 4 members (excludes halogenated alkanes) is 5. The third-order valence-electron chi connectivity index (χ3n) is 4.93. The summed E-state index contributed by atoms with van der Waals surface area (Å²) < 4.78 is 11.3. The molecule has 0 bridgehead atoms. The van der Waals surface area contributed by atoms with E-state index in [0.29, 0.717) is 29.4 Å². The summed E-state index contributed by atoms with van der Waals surface area (Å²) in [4.78, 5) is 12.5. The molecule has 0 aromatic heterocycles. The van der Waals surface area contributed by atoms with Crippen molar-refractivity contribution in [2.75, 3.05) is 19.0 Å². The van der Waals surface area contributed by atoms with Crippen LogP contribution in [0.5, 0.6) is 11.5 Å². The van der Waals surface area contributed by atoms with Crippen LogP contribution in [0.1, 0.15) is 56.6 Å². The van der Waals surface area contributed by atoms with Gasteiger partial charge in [0.25, 0.3) is 5.91 Å². The smallest absolute Gasteiger partial charge is 0.266 e. The summed E-state index contributed by atoms with van der Waals surface area (Å²) in [6, 6.07) is 14.8. The minimum Gasteiger partial charge on any atom is -0.493 e. The third-order valence-corrected chi connectivity index (χ3v) is 4.93. The van der Waals surface area contributed by atoms with Gasteiger partial charge in [0.1, 0.15) is 11.6 Å². The highest BCUT2D eigenvalue weighted by Crippen LogP contribution is 2.29. The van der Waals surface area contributed by atoms with Gasteiger partial charge in [0.15, 0.2) is 11.5 Å². The van der Waals surface area contributed by atoms with Crippen molar-refractivity contribution in [1.29, 1.82) is 5.26 Å². The molecule has 5 heteroatoms. The van der Waals surface area contributed by atoms with Crippen molar-refractivity contribution >= 4 is 17.7 Å². The molecule has 0 saturated carbocycles. The molecular formula is C26H32N2O3. The fourth-order valence-corrected chi connectivity index (χ4v) is 3.11. The predicted octanol–water partition coefficient (Wildman–Crippen LogP) is 6.29. The summed E-state index contributed by atoms with van der Waals surface area (Å²) in [6.07, 6.45) is 8.76. The molecule has 0 unspecified atom stereocenters. The van der Waals surface area contributed by atoms with E-state index in [1.807, 2.05) is 37.3 Å². The van der Waals surface area contributed by atoms with Gasteiger partial charge in [-0.3, -0.25) is 4.79 Å². The Bertz CT molecular complexity index is 911. The van der Waals surface area contributed by atoms with Gasteiger partial charge < -0.3 is 14.8 Å². The first kappa shape index (κ1) is 24.0. The van der Waals surface area contributed by atoms with Crippen molar-refractivity contribution in [3.63, 3.8) is 0 Å². The zero-order valence-electron chi connectivity index (χ0n) is 18.7. The number of rotatable bonds is 12. The standard InChI is InChI=1S/C26H32N2O3/c1-4-5-6-7-8-9-16-31-24-15-12-21(18-25(24)30-3)17-22(19-27)26(29)28-23-13-10-20(2)11-14-23/h10-15,17-18H,4-9,16H2,1-3H3,(H,28,29). The van der Waals surface area contributed by atoms with Crippen LogP contribution in [0.3, 0.4) is 0 Å². The number of anilines is 1. The number of nitrogens with one attached hydrogen (secondary N) is 1. The molecule has 0 aliphatic carbocycles. The van der Waals surface area contributed by atoms with E-state index < -0.39 is 5.91 Å². The normalized spacial score (nSPS) is 11.0. The van der Waals surface area contributed by atoms with E-state index in [2.05, 4.69) is 12.2 Å². The summed E-state index contributed by atoms with van der Waals surface area (Å²) in [5, 5.41) is 12.2. The fourth-order valence-electron chi connectivity index (χ4n) is 3.11. The average Bonchev–Trinajstić information content (AvgIpc) is 2.78. The number of methoxy groups -OCH3 is 1. The highest BCUT2D eigenvalue weighted by molar-refractivity contribution is 6.09. The molecule has 0 atom stereocenters. The second-order valence-electron chi connectivity index (χ2n) is 7.52. The monoisotopic (exact) mass is 420 g/mol. The minimum absolute atomic E-state index is 0.0170. The first-order valence-corrected chi connectivity index (χ1v) is 10.9. The lowest BCUT2D eigenvalue weighted by Gasteiger charge is -2.11. The van der Waals surface area contributed by atoms with Gasteiger partial charge in [0.2, 0.25) is 0 Å². The van der Waals surface area contributed by atoms with Crippen LogP contribution in [0, 0.1) is 18.3 Å². The molecule has 1 N–H and O–H groups in total. The van der Waals surface area contributed by atoms with Gasteiger partial charge in [-0.25, -0.2) is 0 Å². The zero-order chi connectivity index (χ0) is 22.5. The third kappa shape index (κ3) is 8.18. The van der Waals surface area contributed by atoms with Crippen LogP contribution < -0.4 is 14.8 Å². The lowest BCUT2D eigenvalue weighted by molar-refractivity contribution is -0.112. The number of amides is 1. The van der Waals surface area contributed by atoms with Gasteiger partial charge in [0, 0.05) is 5.69 Å². The Morgan fingerprint density at radius 1 is 1.03 bits per heavy atom. The molecule has 0 spiro atoms. The highest BCUT2D eigenvalue weighted by Gasteiger charge is 2.11. The quantitative estimate of drug-likeness (QED) is 0.249. The van der Waals surface area contributed by atoms with Crippen LogP contribution in [0.15, 0.2) is 48.0 Å². The number of ether oxygens (including phenoxy) is 2. The topological polar surface area (TPSA) is 71.3 Å². The highest BCUT2D eigenvalue weighted by atomic mass is 16.5. The Morgan fingerprint density at radius 2 is 1.74 bits per heavy atom. The molecule has 164 valence electrons. The molecule has 0 heterocycles. The number of hydrogen-bond donors (Lipinski definition) is 1. The second kappa shape index (κ2) is 13.1. The molecule has 5 nitrogen and oxygen atoms in total. The van der Waals surface area contributed by atoms with Crippen molar-refractivity contribution in [2.45, 2.75) is 52.4 Å². The van der Waals surface area contributed by atoms with Crippen LogP contribution in [0.4, 0.5) is 5.69 Å². The maximum atomic E-state index is 12.5. The van der Waals surface area contributed by atoms with Gasteiger partial charge in [-0.15, -0.1) is 0 Å².